The molecule has 0 radical (unpaired) electrons. The number of nitrogens with one attached hydrogen (secondary N) is 9. The number of phenols is 1. The summed E-state index contributed by atoms with van der Waals surface area (Å²) in [6.07, 6.45) is 0.843. The molecule has 2 aromatic heterocycles. The summed E-state index contributed by atoms with van der Waals surface area (Å²) < 4.78 is 0. The van der Waals surface area contributed by atoms with Crippen molar-refractivity contribution in [1.29, 1.82) is 0 Å². The van der Waals surface area contributed by atoms with Gasteiger partial charge in [-0.3, -0.25) is 43.2 Å². The van der Waals surface area contributed by atoms with Crippen molar-refractivity contribution >= 4 is 70.0 Å². The number of nitrogens with zero attached hydrogens (tertiary/aromatic N) is 2. The van der Waals surface area contributed by atoms with Crippen molar-refractivity contribution in [3.05, 3.63) is 120 Å². The van der Waals surface area contributed by atoms with Crippen molar-refractivity contribution in [3.63, 3.8) is 0 Å². The highest BCUT2D eigenvalue weighted by molar-refractivity contribution is 5.98. The molecule has 82 heavy (non-hydrogen) atoms. The van der Waals surface area contributed by atoms with Crippen molar-refractivity contribution in [1.82, 2.24) is 57.1 Å². The molecule has 5 aromatic rings. The fraction of sp³-hybridized carbons (Fsp3) is 0.400. The highest BCUT2D eigenvalue weighted by Gasteiger charge is 2.41. The summed E-state index contributed by atoms with van der Waals surface area (Å²) in [5.41, 5.74) is 14.1. The van der Waals surface area contributed by atoms with E-state index in [1.807, 2.05) is 0 Å². The number of aliphatic hydroxyl groups excluding tert-OH is 2. The van der Waals surface area contributed by atoms with Crippen molar-refractivity contribution < 1.29 is 68.4 Å². The van der Waals surface area contributed by atoms with E-state index in [2.05, 4.69) is 52.2 Å². The largest absolute Gasteiger partial charge is 0.508 e. The van der Waals surface area contributed by atoms with Crippen LogP contribution in [0.3, 0.4) is 0 Å². The molecule has 1 aliphatic heterocycles. The number of para-hydroxylation sites is 1. The molecule has 10 atom stereocenters. The number of amides is 9. The van der Waals surface area contributed by atoms with Crippen LogP contribution < -0.4 is 48.7 Å². The maximum atomic E-state index is 14.6. The van der Waals surface area contributed by atoms with Gasteiger partial charge >= 0.3 is 5.97 Å². The summed E-state index contributed by atoms with van der Waals surface area (Å²) in [7, 11) is 0. The van der Waals surface area contributed by atoms with Gasteiger partial charge in [0, 0.05) is 67.6 Å². The number of aliphatic hydroxyl groups is 2. The number of phenolic OH excluding ortho intramolecular Hbond substituents is 1. The molecule has 438 valence electrons. The zero-order valence-electron chi connectivity index (χ0n) is 45.0. The number of H-pyrrole nitrogens is 2. The maximum absolute atomic E-state index is 14.6. The topological polar surface area (TPSA) is 436 Å². The minimum absolute atomic E-state index is 0.0161. The van der Waals surface area contributed by atoms with Gasteiger partial charge in [0.15, 0.2) is 6.04 Å². The quantitative estimate of drug-likeness (QED) is 0.0232. The number of primary amides is 1. The Hall–Kier alpha value is -9.21. The summed E-state index contributed by atoms with van der Waals surface area (Å²) in [6.45, 7) is 1.57. The fourth-order valence-corrected chi connectivity index (χ4v) is 9.24. The molecule has 0 unspecified atom stereocenters. The number of carbonyl (C=O) groups excluding carboxylic acids is 9. The Morgan fingerprint density at radius 3 is 1.89 bits per heavy atom. The van der Waals surface area contributed by atoms with Crippen LogP contribution in [0.25, 0.3) is 10.9 Å². The summed E-state index contributed by atoms with van der Waals surface area (Å²) in [5.74, 6) is -9.27. The van der Waals surface area contributed by atoms with E-state index >= 15 is 0 Å². The molecule has 0 bridgehead atoms. The third-order valence-corrected chi connectivity index (χ3v) is 13.7. The number of hydrogen-bond donors (Lipinski definition) is 15. The van der Waals surface area contributed by atoms with E-state index in [1.54, 1.807) is 60.8 Å². The first-order valence-corrected chi connectivity index (χ1v) is 26.4. The first-order valence-electron chi connectivity index (χ1n) is 26.4. The number of aliphatic carboxylic acids is 1. The standard InChI is InChI=1S/C55H69N13O14/c1-29(69)46(54(80)68-20-8-13-43(68)53(79)65-40(22-32-14-16-35(71)17-15-32)52(78)67-47(30(2)70)55(81)82)66-45(73)27-60-49(75)41(23-33-25-59-38-12-7-6-11-36(33)38)64-50(76)39(21-31-9-4-3-5-10-31)63-51(77)42(24-34-26-58-28-61-34)62-48(74)37(56)18-19-44(57)72/h3-7,9-12,14-17,25-26,28-30,37,39-43,46-47,59,69-71H,8,13,18-24,27,56H2,1-2H3,(H2,57,72)(H,58,61)(H,60,75)(H,62,74)(H,63,77)(H,64,76)(H,65,79)(H,66,73)(H,67,78)(H,81,82)/t29-,30-,37+,39+,40+,41+,42+,43+,46+,47+/m1/s1. The first kappa shape index (κ1) is 62.0. The molecular formula is C55H69N13O14. The fourth-order valence-electron chi connectivity index (χ4n) is 9.24. The Morgan fingerprint density at radius 2 is 1.27 bits per heavy atom. The lowest BCUT2D eigenvalue weighted by Gasteiger charge is -2.31. The number of nitrogens with two attached hydrogens (primary N) is 2. The Labute approximate surface area is 470 Å². The molecule has 0 saturated carbocycles. The number of aromatic nitrogens is 3. The van der Waals surface area contributed by atoms with Crippen molar-refractivity contribution in [2.75, 3.05) is 13.1 Å². The normalized spacial score (nSPS) is 16.4. The number of imidazole rings is 1. The summed E-state index contributed by atoms with van der Waals surface area (Å²) in [6, 6.07) is 9.94. The highest BCUT2D eigenvalue weighted by Crippen LogP contribution is 2.22. The van der Waals surface area contributed by atoms with E-state index in [0.717, 1.165) is 11.8 Å². The number of aromatic hydroxyl groups is 1. The lowest BCUT2D eigenvalue weighted by molar-refractivity contribution is -0.146. The number of benzene rings is 3. The molecule has 3 heterocycles. The van der Waals surface area contributed by atoms with Gasteiger partial charge in [-0.25, -0.2) is 9.78 Å². The van der Waals surface area contributed by atoms with Gasteiger partial charge in [0.1, 0.15) is 42.0 Å². The third-order valence-electron chi connectivity index (χ3n) is 13.7. The SMILES string of the molecule is C[C@@H](O)[C@H](NC(=O)[C@H](Cc1ccc(O)cc1)NC(=O)[C@@H]1CCCN1C(=O)[C@@H](NC(=O)CNC(=O)[C@H](Cc1c[nH]c2ccccc12)NC(=O)[C@H](Cc1ccccc1)NC(=O)[C@H](Cc1cnc[nH]1)NC(=O)[C@@H](N)CCC(N)=O)[C@@H](C)O)C(=O)O. The van der Waals surface area contributed by atoms with Gasteiger partial charge < -0.3 is 84.0 Å². The first-order chi connectivity index (χ1) is 39.1. The maximum Gasteiger partial charge on any atom is 0.328 e. The predicted octanol–water partition coefficient (Wildman–Crippen LogP) is -2.68. The zero-order chi connectivity index (χ0) is 59.6. The number of likely N-dealkylation sites (tertiary alicyclic amines) is 1. The molecule has 17 N–H and O–H groups in total. The second-order valence-corrected chi connectivity index (χ2v) is 20.0. The number of rotatable bonds is 29. The zero-order valence-corrected chi connectivity index (χ0v) is 45.0. The molecule has 3 aromatic carbocycles. The molecule has 1 saturated heterocycles. The van der Waals surface area contributed by atoms with Crippen LogP contribution in [0.1, 0.15) is 61.9 Å². The number of carboxylic acid groups (broad SMARTS) is 1. The van der Waals surface area contributed by atoms with E-state index in [-0.39, 0.29) is 63.7 Å². The Bertz CT molecular complexity index is 3040. The van der Waals surface area contributed by atoms with Gasteiger partial charge in [-0.15, -0.1) is 0 Å². The van der Waals surface area contributed by atoms with E-state index in [0.29, 0.717) is 33.3 Å². The van der Waals surface area contributed by atoms with Crippen molar-refractivity contribution in [3.8, 4) is 5.75 Å². The van der Waals surface area contributed by atoms with Crippen LogP contribution >= 0.6 is 0 Å². The smallest absolute Gasteiger partial charge is 0.328 e. The summed E-state index contributed by atoms with van der Waals surface area (Å²) in [4.78, 5) is 146. The van der Waals surface area contributed by atoms with Gasteiger partial charge in [0.05, 0.1) is 31.1 Å². The number of fused-ring (bicyclic) bond motifs is 1. The Kier molecular flexibility index (Phi) is 22.2. The van der Waals surface area contributed by atoms with Crippen LogP contribution in [0.15, 0.2) is 97.6 Å². The lowest BCUT2D eigenvalue weighted by Crippen LogP contribution is -2.60. The lowest BCUT2D eigenvalue weighted by atomic mass is 10.0. The van der Waals surface area contributed by atoms with Gasteiger partial charge in [-0.2, -0.15) is 0 Å². The number of hydrogen-bond acceptors (Lipinski definition) is 15. The molecule has 0 spiro atoms. The molecule has 6 rings (SSSR count). The number of aromatic amines is 2. The average molecular weight is 1140 g/mol. The van der Waals surface area contributed by atoms with E-state index in [9.17, 15) is 68.4 Å². The molecule has 27 nitrogen and oxygen atoms in total. The minimum Gasteiger partial charge on any atom is -0.508 e. The average Bonchev–Trinajstić information content (AvgIpc) is 4.44. The minimum atomic E-state index is -1.74. The summed E-state index contributed by atoms with van der Waals surface area (Å²) >= 11 is 0. The van der Waals surface area contributed by atoms with Crippen LogP contribution in [0, 0.1) is 0 Å². The predicted molar refractivity (Wildman–Crippen MR) is 293 cm³/mol. The van der Waals surface area contributed by atoms with Crippen LogP contribution in [0.2, 0.25) is 0 Å². The molecule has 1 fully saturated rings. The van der Waals surface area contributed by atoms with E-state index in [1.165, 1.54) is 43.7 Å². The van der Waals surface area contributed by atoms with Crippen LogP contribution in [0.5, 0.6) is 5.75 Å². The summed E-state index contributed by atoms with van der Waals surface area (Å²) in [5, 5.41) is 58.8. The second kappa shape index (κ2) is 29.3. The van der Waals surface area contributed by atoms with Crippen LogP contribution in [0.4, 0.5) is 0 Å². The van der Waals surface area contributed by atoms with Crippen LogP contribution in [-0.2, 0) is 73.6 Å². The molecular weight excluding hydrogens is 1070 g/mol. The van der Waals surface area contributed by atoms with Gasteiger partial charge in [-0.05, 0) is 68.0 Å². The third kappa shape index (κ3) is 17.6. The number of carbonyl (C=O) groups is 10. The molecule has 0 aliphatic carbocycles. The van der Waals surface area contributed by atoms with Gasteiger partial charge in [0.25, 0.3) is 0 Å². The van der Waals surface area contributed by atoms with Crippen LogP contribution in [-0.4, -0.2) is 173 Å². The van der Waals surface area contributed by atoms with E-state index < -0.39 is 126 Å². The Balaban J connectivity index is 1.18. The van der Waals surface area contributed by atoms with Crippen molar-refractivity contribution in [2.24, 2.45) is 11.5 Å². The highest BCUT2D eigenvalue weighted by atomic mass is 16.4. The van der Waals surface area contributed by atoms with Crippen molar-refractivity contribution in [2.45, 2.75) is 126 Å². The van der Waals surface area contributed by atoms with E-state index in [4.69, 9.17) is 11.5 Å². The molecule has 27 heteroatoms. The molecule has 1 aliphatic rings. The number of carboxylic acids is 1. The Morgan fingerprint density at radius 1 is 0.683 bits per heavy atom. The van der Waals surface area contributed by atoms with Gasteiger partial charge in [0.2, 0.25) is 53.2 Å². The van der Waals surface area contributed by atoms with Gasteiger partial charge in [-0.1, -0.05) is 60.7 Å². The molecule has 9 amide bonds. The monoisotopic (exact) mass is 1140 g/mol. The second-order valence-electron chi connectivity index (χ2n) is 20.0.